The van der Waals surface area contributed by atoms with E-state index < -0.39 is 6.10 Å². The minimum Gasteiger partial charge on any atom is -0.388 e. The van der Waals surface area contributed by atoms with Gasteiger partial charge in [0.25, 0.3) is 0 Å². The summed E-state index contributed by atoms with van der Waals surface area (Å²) >= 11 is 3.54. The molecular weight excluding hydrogens is 290 g/mol. The fourth-order valence-electron chi connectivity index (χ4n) is 2.01. The molecule has 3 heteroatoms. The third-order valence-corrected chi connectivity index (χ3v) is 4.22. The molecule has 1 atom stereocenters. The molecule has 0 spiro atoms. The molecule has 1 N–H and O–H groups in total. The number of benzene rings is 1. The minimum atomic E-state index is -0.509. The Kier molecular flexibility index (Phi) is 4.15. The van der Waals surface area contributed by atoms with E-state index in [1.54, 1.807) is 6.20 Å². The molecule has 94 valence electrons. The zero-order chi connectivity index (χ0) is 13.1. The van der Waals surface area contributed by atoms with Gasteiger partial charge >= 0.3 is 0 Å². The van der Waals surface area contributed by atoms with E-state index in [0.717, 1.165) is 26.9 Å². The summed E-state index contributed by atoms with van der Waals surface area (Å²) in [5.41, 5.74) is 4.14. The van der Waals surface area contributed by atoms with E-state index in [-0.39, 0.29) is 0 Å². The first-order valence-electron chi connectivity index (χ1n) is 5.92. The average molecular weight is 306 g/mol. The number of halogens is 1. The standard InChI is InChI=1S/C15H16BrNO/c1-10-7-12(8-11(2)15(10)16)14(18)9-13-5-3-4-6-17-13/h3-8,14,18H,9H2,1-2H3. The molecule has 0 aliphatic carbocycles. The second-order valence-electron chi connectivity index (χ2n) is 4.51. The Morgan fingerprint density at radius 3 is 2.44 bits per heavy atom. The van der Waals surface area contributed by atoms with Crippen LogP contribution in [-0.2, 0) is 6.42 Å². The molecule has 1 aromatic heterocycles. The first-order valence-corrected chi connectivity index (χ1v) is 6.72. The van der Waals surface area contributed by atoms with Gasteiger partial charge in [-0.2, -0.15) is 0 Å². The van der Waals surface area contributed by atoms with E-state index >= 15 is 0 Å². The number of pyridine rings is 1. The number of rotatable bonds is 3. The molecule has 1 heterocycles. The van der Waals surface area contributed by atoms with Crippen molar-refractivity contribution in [3.8, 4) is 0 Å². The van der Waals surface area contributed by atoms with Crippen LogP contribution in [0.25, 0.3) is 0 Å². The van der Waals surface area contributed by atoms with Gasteiger partial charge in [-0.05, 0) is 42.7 Å². The van der Waals surface area contributed by atoms with Crippen molar-refractivity contribution in [1.29, 1.82) is 0 Å². The van der Waals surface area contributed by atoms with Gasteiger partial charge in [0.2, 0.25) is 0 Å². The van der Waals surface area contributed by atoms with Gasteiger partial charge in [0.1, 0.15) is 0 Å². The predicted molar refractivity (Wildman–Crippen MR) is 76.5 cm³/mol. The number of hydrogen-bond acceptors (Lipinski definition) is 2. The number of aliphatic hydroxyl groups excluding tert-OH is 1. The third kappa shape index (κ3) is 2.98. The Hall–Kier alpha value is -1.19. The van der Waals surface area contributed by atoms with E-state index in [4.69, 9.17) is 0 Å². The second kappa shape index (κ2) is 5.63. The zero-order valence-corrected chi connectivity index (χ0v) is 12.1. The molecule has 0 radical (unpaired) electrons. The maximum absolute atomic E-state index is 10.3. The maximum atomic E-state index is 10.3. The van der Waals surface area contributed by atoms with Gasteiger partial charge in [0.15, 0.2) is 0 Å². The van der Waals surface area contributed by atoms with Gasteiger partial charge in [-0.1, -0.05) is 34.1 Å². The highest BCUT2D eigenvalue weighted by Crippen LogP contribution is 2.26. The number of hydrogen-bond donors (Lipinski definition) is 1. The fraction of sp³-hybridized carbons (Fsp3) is 0.267. The van der Waals surface area contributed by atoms with Crippen LogP contribution < -0.4 is 0 Å². The monoisotopic (exact) mass is 305 g/mol. The van der Waals surface area contributed by atoms with Crippen molar-refractivity contribution in [3.63, 3.8) is 0 Å². The van der Waals surface area contributed by atoms with Crippen molar-refractivity contribution in [3.05, 3.63) is 63.4 Å². The molecular formula is C15H16BrNO. The lowest BCUT2D eigenvalue weighted by Gasteiger charge is -2.13. The van der Waals surface area contributed by atoms with E-state index in [0.29, 0.717) is 6.42 Å². The van der Waals surface area contributed by atoms with Crippen LogP contribution in [-0.4, -0.2) is 10.1 Å². The van der Waals surface area contributed by atoms with Gasteiger partial charge in [0, 0.05) is 22.8 Å². The molecule has 2 nitrogen and oxygen atoms in total. The Morgan fingerprint density at radius 2 is 1.89 bits per heavy atom. The summed E-state index contributed by atoms with van der Waals surface area (Å²) in [6.45, 7) is 4.07. The summed E-state index contributed by atoms with van der Waals surface area (Å²) in [7, 11) is 0. The molecule has 0 saturated carbocycles. The van der Waals surface area contributed by atoms with Gasteiger partial charge in [-0.15, -0.1) is 0 Å². The van der Waals surface area contributed by atoms with Crippen molar-refractivity contribution in [2.75, 3.05) is 0 Å². The van der Waals surface area contributed by atoms with Crippen LogP contribution >= 0.6 is 15.9 Å². The van der Waals surface area contributed by atoms with E-state index in [9.17, 15) is 5.11 Å². The van der Waals surface area contributed by atoms with E-state index in [1.807, 2.05) is 44.2 Å². The van der Waals surface area contributed by atoms with Crippen LogP contribution in [0.2, 0.25) is 0 Å². The van der Waals surface area contributed by atoms with Crippen LogP contribution in [0.5, 0.6) is 0 Å². The van der Waals surface area contributed by atoms with Crippen LogP contribution in [0.1, 0.15) is 28.5 Å². The Balaban J connectivity index is 2.22. The number of nitrogens with zero attached hydrogens (tertiary/aromatic N) is 1. The van der Waals surface area contributed by atoms with Crippen LogP contribution in [0.3, 0.4) is 0 Å². The molecule has 0 saturated heterocycles. The molecule has 0 aliphatic rings. The fourth-order valence-corrected chi connectivity index (χ4v) is 2.24. The predicted octanol–water partition coefficient (Wildman–Crippen LogP) is 3.74. The lowest BCUT2D eigenvalue weighted by Crippen LogP contribution is -2.04. The summed E-state index contributed by atoms with van der Waals surface area (Å²) in [4.78, 5) is 4.24. The summed E-state index contributed by atoms with van der Waals surface area (Å²) in [5.74, 6) is 0. The SMILES string of the molecule is Cc1cc(C(O)Cc2ccccn2)cc(C)c1Br. The molecule has 1 unspecified atom stereocenters. The molecule has 2 aromatic rings. The Bertz CT molecular complexity index is 516. The topological polar surface area (TPSA) is 33.1 Å². The van der Waals surface area contributed by atoms with E-state index in [1.165, 1.54) is 0 Å². The first kappa shape index (κ1) is 13.2. The Morgan fingerprint density at radius 1 is 1.22 bits per heavy atom. The maximum Gasteiger partial charge on any atom is 0.0845 e. The number of aliphatic hydroxyl groups is 1. The van der Waals surface area contributed by atoms with Gasteiger partial charge in [-0.25, -0.2) is 0 Å². The highest BCUT2D eigenvalue weighted by molar-refractivity contribution is 9.10. The molecule has 0 fully saturated rings. The molecule has 1 aromatic carbocycles. The van der Waals surface area contributed by atoms with Crippen molar-refractivity contribution in [2.24, 2.45) is 0 Å². The van der Waals surface area contributed by atoms with Crippen molar-refractivity contribution >= 4 is 15.9 Å². The smallest absolute Gasteiger partial charge is 0.0845 e. The van der Waals surface area contributed by atoms with Gasteiger partial charge in [-0.3, -0.25) is 4.98 Å². The largest absolute Gasteiger partial charge is 0.388 e. The average Bonchev–Trinajstić information content (AvgIpc) is 2.36. The highest BCUT2D eigenvalue weighted by Gasteiger charge is 2.12. The minimum absolute atomic E-state index is 0.509. The van der Waals surface area contributed by atoms with Crippen LogP contribution in [0.4, 0.5) is 0 Å². The molecule has 2 rings (SSSR count). The quantitative estimate of drug-likeness (QED) is 0.937. The van der Waals surface area contributed by atoms with Gasteiger partial charge in [0.05, 0.1) is 6.10 Å². The number of aromatic nitrogens is 1. The lowest BCUT2D eigenvalue weighted by atomic mass is 10.00. The highest BCUT2D eigenvalue weighted by atomic mass is 79.9. The summed E-state index contributed by atoms with van der Waals surface area (Å²) in [6, 6.07) is 9.79. The van der Waals surface area contributed by atoms with Crippen molar-refractivity contribution in [1.82, 2.24) is 4.98 Å². The molecule has 0 aliphatic heterocycles. The van der Waals surface area contributed by atoms with Crippen LogP contribution in [0.15, 0.2) is 41.0 Å². The summed E-state index contributed by atoms with van der Waals surface area (Å²) in [5, 5.41) is 10.3. The normalized spacial score (nSPS) is 12.4. The first-order chi connectivity index (χ1) is 8.58. The molecule has 18 heavy (non-hydrogen) atoms. The van der Waals surface area contributed by atoms with E-state index in [2.05, 4.69) is 20.9 Å². The van der Waals surface area contributed by atoms with Crippen molar-refractivity contribution in [2.45, 2.75) is 26.4 Å². The summed E-state index contributed by atoms with van der Waals surface area (Å²) < 4.78 is 1.11. The zero-order valence-electron chi connectivity index (χ0n) is 10.5. The Labute approximate surface area is 116 Å². The van der Waals surface area contributed by atoms with Crippen LogP contribution in [0, 0.1) is 13.8 Å². The molecule has 0 amide bonds. The number of aryl methyl sites for hydroxylation is 2. The second-order valence-corrected chi connectivity index (χ2v) is 5.30. The van der Waals surface area contributed by atoms with Gasteiger partial charge < -0.3 is 5.11 Å². The van der Waals surface area contributed by atoms with Crippen molar-refractivity contribution < 1.29 is 5.11 Å². The molecule has 0 bridgehead atoms. The lowest BCUT2D eigenvalue weighted by molar-refractivity contribution is 0.177. The summed E-state index contributed by atoms with van der Waals surface area (Å²) in [6.07, 6.45) is 1.78. The third-order valence-electron chi connectivity index (χ3n) is 2.97.